The minimum atomic E-state index is -0.380. The van der Waals surface area contributed by atoms with Crippen molar-refractivity contribution in [3.63, 3.8) is 0 Å². The molecule has 0 saturated carbocycles. The molecule has 0 radical (unpaired) electrons. The van der Waals surface area contributed by atoms with Crippen LogP contribution in [0.5, 0.6) is 0 Å². The maximum absolute atomic E-state index is 10.7. The molecule has 3 rings (SSSR count). The number of non-ortho nitro benzene ring substituents is 1. The zero-order valence-electron chi connectivity index (χ0n) is 11.6. The Hall–Kier alpha value is -2.40. The number of rotatable bonds is 3. The summed E-state index contributed by atoms with van der Waals surface area (Å²) in [6.07, 6.45) is 0.980. The van der Waals surface area contributed by atoms with Crippen molar-refractivity contribution in [2.45, 2.75) is 19.0 Å². The van der Waals surface area contributed by atoms with Crippen molar-refractivity contribution >= 4 is 11.4 Å². The van der Waals surface area contributed by atoms with Gasteiger partial charge in [0.15, 0.2) is 0 Å². The smallest absolute Gasteiger partial charge is 0.269 e. The fraction of sp³-hybridized carbons (Fsp3) is 0.250. The van der Waals surface area contributed by atoms with Crippen LogP contribution >= 0.6 is 0 Å². The summed E-state index contributed by atoms with van der Waals surface area (Å²) in [6.45, 7) is 1.83. The monoisotopic (exact) mass is 283 g/mol. The van der Waals surface area contributed by atoms with E-state index in [1.54, 1.807) is 12.1 Å². The molecule has 0 aromatic heterocycles. The highest BCUT2D eigenvalue weighted by atomic mass is 16.6. The van der Waals surface area contributed by atoms with Gasteiger partial charge < -0.3 is 10.6 Å². The molecule has 108 valence electrons. The van der Waals surface area contributed by atoms with Gasteiger partial charge in [0.25, 0.3) is 5.69 Å². The highest BCUT2D eigenvalue weighted by Crippen LogP contribution is 2.28. The number of hydrogen-bond acceptors (Lipinski definition) is 4. The normalized spacial score (nSPS) is 17.6. The Morgan fingerprint density at radius 3 is 2.67 bits per heavy atom. The summed E-state index contributed by atoms with van der Waals surface area (Å²) >= 11 is 0. The van der Waals surface area contributed by atoms with Gasteiger partial charge in [0, 0.05) is 24.4 Å². The third kappa shape index (κ3) is 3.03. The van der Waals surface area contributed by atoms with Gasteiger partial charge in [0.1, 0.15) is 0 Å². The number of nitro benzene ring substituents is 1. The largest absolute Gasteiger partial charge is 0.378 e. The number of nitrogens with one attached hydrogen (secondary N) is 2. The van der Waals surface area contributed by atoms with Crippen molar-refractivity contribution in [1.29, 1.82) is 0 Å². The molecular weight excluding hydrogens is 266 g/mol. The van der Waals surface area contributed by atoms with E-state index in [4.69, 9.17) is 0 Å². The van der Waals surface area contributed by atoms with Crippen molar-refractivity contribution < 1.29 is 4.92 Å². The van der Waals surface area contributed by atoms with Crippen LogP contribution in [-0.2, 0) is 6.54 Å². The molecular formula is C16H17N3O2. The molecule has 2 aromatic rings. The fourth-order valence-corrected chi connectivity index (χ4v) is 2.69. The Kier molecular flexibility index (Phi) is 3.83. The average Bonchev–Trinajstić information content (AvgIpc) is 2.71. The predicted molar refractivity (Wildman–Crippen MR) is 82.2 cm³/mol. The van der Waals surface area contributed by atoms with Crippen LogP contribution in [-0.4, -0.2) is 11.5 Å². The molecule has 2 N–H and O–H groups in total. The Labute approximate surface area is 123 Å². The van der Waals surface area contributed by atoms with Crippen LogP contribution in [0.2, 0.25) is 0 Å². The molecule has 1 atom stereocenters. The minimum Gasteiger partial charge on any atom is -0.378 e. The zero-order chi connectivity index (χ0) is 14.7. The summed E-state index contributed by atoms with van der Waals surface area (Å²) in [5.74, 6) is 0. The van der Waals surface area contributed by atoms with Crippen LogP contribution < -0.4 is 10.6 Å². The molecule has 0 amide bonds. The molecule has 2 aromatic carbocycles. The van der Waals surface area contributed by atoms with Crippen molar-refractivity contribution in [2.24, 2.45) is 0 Å². The van der Waals surface area contributed by atoms with Crippen molar-refractivity contribution in [1.82, 2.24) is 5.32 Å². The second kappa shape index (κ2) is 5.93. The second-order valence-corrected chi connectivity index (χ2v) is 5.17. The topological polar surface area (TPSA) is 67.2 Å². The van der Waals surface area contributed by atoms with Gasteiger partial charge in [-0.05, 0) is 36.2 Å². The molecule has 0 aliphatic carbocycles. The lowest BCUT2D eigenvalue weighted by molar-refractivity contribution is -0.384. The van der Waals surface area contributed by atoms with E-state index >= 15 is 0 Å². The summed E-state index contributed by atoms with van der Waals surface area (Å²) in [6, 6.07) is 15.2. The first-order valence-corrected chi connectivity index (χ1v) is 7.03. The summed E-state index contributed by atoms with van der Waals surface area (Å²) in [5.41, 5.74) is 3.61. The van der Waals surface area contributed by atoms with Crippen molar-refractivity contribution in [3.8, 4) is 0 Å². The molecule has 5 nitrogen and oxygen atoms in total. The number of hydrogen-bond donors (Lipinski definition) is 2. The molecule has 5 heteroatoms. The van der Waals surface area contributed by atoms with Crippen LogP contribution in [0.15, 0.2) is 48.5 Å². The molecule has 1 aliphatic rings. The van der Waals surface area contributed by atoms with E-state index in [9.17, 15) is 10.1 Å². The zero-order valence-corrected chi connectivity index (χ0v) is 11.6. The van der Waals surface area contributed by atoms with E-state index in [2.05, 4.69) is 34.9 Å². The number of fused-ring (bicyclic) bond motifs is 1. The first-order valence-electron chi connectivity index (χ1n) is 7.03. The maximum atomic E-state index is 10.7. The number of anilines is 1. The Morgan fingerprint density at radius 2 is 1.90 bits per heavy atom. The molecule has 21 heavy (non-hydrogen) atoms. The molecule has 0 fully saturated rings. The van der Waals surface area contributed by atoms with E-state index in [0.29, 0.717) is 0 Å². The average molecular weight is 283 g/mol. The summed E-state index contributed by atoms with van der Waals surface area (Å²) < 4.78 is 0. The van der Waals surface area contributed by atoms with Gasteiger partial charge in [-0.15, -0.1) is 0 Å². The highest BCUT2D eigenvalue weighted by Gasteiger charge is 2.18. The lowest BCUT2D eigenvalue weighted by Gasteiger charge is -2.20. The molecule has 0 bridgehead atoms. The van der Waals surface area contributed by atoms with Gasteiger partial charge >= 0.3 is 0 Å². The molecule has 0 spiro atoms. The van der Waals surface area contributed by atoms with Gasteiger partial charge in [-0.1, -0.05) is 24.3 Å². The molecule has 1 aliphatic heterocycles. The van der Waals surface area contributed by atoms with E-state index in [1.165, 1.54) is 23.3 Å². The van der Waals surface area contributed by atoms with Gasteiger partial charge in [-0.25, -0.2) is 0 Å². The van der Waals surface area contributed by atoms with Crippen LogP contribution in [0.4, 0.5) is 11.4 Å². The van der Waals surface area contributed by atoms with Gasteiger partial charge in [-0.2, -0.15) is 0 Å². The second-order valence-electron chi connectivity index (χ2n) is 5.17. The highest BCUT2D eigenvalue weighted by molar-refractivity contribution is 5.50. The van der Waals surface area contributed by atoms with E-state index < -0.39 is 0 Å². The predicted octanol–water partition coefficient (Wildman–Crippen LogP) is 3.24. The van der Waals surface area contributed by atoms with Crippen molar-refractivity contribution in [3.05, 3.63) is 69.8 Å². The van der Waals surface area contributed by atoms with Crippen LogP contribution in [0.1, 0.15) is 23.6 Å². The van der Waals surface area contributed by atoms with E-state index in [1.807, 2.05) is 0 Å². The maximum Gasteiger partial charge on any atom is 0.269 e. The first kappa shape index (κ1) is 13.6. The Morgan fingerprint density at radius 1 is 1.14 bits per heavy atom. The van der Waals surface area contributed by atoms with Crippen molar-refractivity contribution in [2.75, 3.05) is 11.9 Å². The number of nitrogens with zero attached hydrogens (tertiary/aromatic N) is 1. The number of nitro groups is 1. The quantitative estimate of drug-likeness (QED) is 0.670. The summed E-state index contributed by atoms with van der Waals surface area (Å²) in [5, 5.41) is 17.6. The lowest BCUT2D eigenvalue weighted by Crippen LogP contribution is -2.15. The first-order chi connectivity index (χ1) is 10.2. The van der Waals surface area contributed by atoms with Gasteiger partial charge in [-0.3, -0.25) is 10.1 Å². The molecule has 1 unspecified atom stereocenters. The van der Waals surface area contributed by atoms with E-state index in [-0.39, 0.29) is 16.7 Å². The summed E-state index contributed by atoms with van der Waals surface area (Å²) in [7, 11) is 0. The molecule has 0 saturated heterocycles. The minimum absolute atomic E-state index is 0.114. The third-order valence-electron chi connectivity index (χ3n) is 3.77. The third-order valence-corrected chi connectivity index (χ3v) is 3.77. The fourth-order valence-electron chi connectivity index (χ4n) is 2.69. The van der Waals surface area contributed by atoms with Crippen LogP contribution in [0.3, 0.4) is 0 Å². The number of benzene rings is 2. The van der Waals surface area contributed by atoms with E-state index in [0.717, 1.165) is 25.2 Å². The van der Waals surface area contributed by atoms with Crippen LogP contribution in [0.25, 0.3) is 0 Å². The Bertz CT molecular complexity index is 640. The van der Waals surface area contributed by atoms with Gasteiger partial charge in [0.2, 0.25) is 0 Å². The van der Waals surface area contributed by atoms with Crippen LogP contribution in [0, 0.1) is 10.1 Å². The SMILES string of the molecule is O=[N+]([O-])c1ccc(NC2CCNCc3ccccc32)cc1. The summed E-state index contributed by atoms with van der Waals surface area (Å²) in [4.78, 5) is 10.3. The Balaban J connectivity index is 1.82. The standard InChI is InChI=1S/C16H17N3O2/c20-19(21)14-7-5-13(6-8-14)18-16-9-10-17-11-12-3-1-2-4-15(12)16/h1-8,16-18H,9-11H2. The van der Waals surface area contributed by atoms with Gasteiger partial charge in [0.05, 0.1) is 11.0 Å². The lowest BCUT2D eigenvalue weighted by atomic mass is 9.99. The molecule has 1 heterocycles.